The van der Waals surface area contributed by atoms with Crippen LogP contribution in [0, 0.1) is 10.1 Å². The van der Waals surface area contributed by atoms with E-state index in [1.807, 2.05) is 30.3 Å². The Hall–Kier alpha value is -4.44. The van der Waals surface area contributed by atoms with E-state index in [9.17, 15) is 19.7 Å². The molecule has 9 nitrogen and oxygen atoms in total. The summed E-state index contributed by atoms with van der Waals surface area (Å²) in [5.41, 5.74) is 0.403. The minimum absolute atomic E-state index is 0.0809. The van der Waals surface area contributed by atoms with Gasteiger partial charge in [-0.25, -0.2) is 0 Å². The molecule has 33 heavy (non-hydrogen) atoms. The lowest BCUT2D eigenvalue weighted by molar-refractivity contribution is -0.384. The van der Waals surface area contributed by atoms with Crippen molar-refractivity contribution in [2.75, 3.05) is 0 Å². The van der Waals surface area contributed by atoms with Gasteiger partial charge in [-0.2, -0.15) is 14.6 Å². The maximum atomic E-state index is 12.9. The molecule has 5 aromatic rings. The molecule has 0 aliphatic heterocycles. The van der Waals surface area contributed by atoms with Crippen LogP contribution in [0.2, 0.25) is 0 Å². The van der Waals surface area contributed by atoms with Crippen LogP contribution in [0.3, 0.4) is 0 Å². The van der Waals surface area contributed by atoms with Crippen molar-refractivity contribution in [3.8, 4) is 11.3 Å². The molecule has 5 rings (SSSR count). The molecule has 0 saturated heterocycles. The van der Waals surface area contributed by atoms with Gasteiger partial charge in [0.25, 0.3) is 16.8 Å². The Balaban J connectivity index is 1.54. The third-order valence-corrected chi connectivity index (χ3v) is 5.89. The van der Waals surface area contributed by atoms with Gasteiger partial charge >= 0.3 is 0 Å². The summed E-state index contributed by atoms with van der Waals surface area (Å²) < 4.78 is 7.12. The van der Waals surface area contributed by atoms with Gasteiger partial charge in [0.2, 0.25) is 4.96 Å². The molecule has 3 heterocycles. The summed E-state index contributed by atoms with van der Waals surface area (Å²) in [4.78, 5) is 40.3. The summed E-state index contributed by atoms with van der Waals surface area (Å²) in [5, 5.41) is 15.5. The number of nitro groups is 1. The third-order valence-electron chi connectivity index (χ3n) is 4.93. The number of fused-ring (bicyclic) bond motifs is 1. The minimum atomic E-state index is -0.483. The number of nitrogens with zero attached hydrogens (tertiary/aromatic N) is 4. The molecular formula is C23H14N4O5S. The van der Waals surface area contributed by atoms with E-state index in [0.29, 0.717) is 17.1 Å². The van der Waals surface area contributed by atoms with Crippen molar-refractivity contribution in [2.45, 2.75) is 6.42 Å². The average Bonchev–Trinajstić information content (AvgIpc) is 3.40. The highest BCUT2D eigenvalue weighted by molar-refractivity contribution is 7.15. The van der Waals surface area contributed by atoms with Gasteiger partial charge in [0, 0.05) is 18.6 Å². The summed E-state index contributed by atoms with van der Waals surface area (Å²) >= 11 is 1.01. The van der Waals surface area contributed by atoms with Gasteiger partial charge in [0.1, 0.15) is 21.7 Å². The molecule has 0 amide bonds. The Labute approximate surface area is 189 Å². The number of thiazole rings is 1. The molecule has 10 heteroatoms. The van der Waals surface area contributed by atoms with Crippen molar-refractivity contribution >= 4 is 28.1 Å². The first-order valence-electron chi connectivity index (χ1n) is 9.81. The largest absolute Gasteiger partial charge is 0.456 e. The highest BCUT2D eigenvalue weighted by Crippen LogP contribution is 2.30. The number of aromatic nitrogens is 3. The molecule has 0 spiro atoms. The van der Waals surface area contributed by atoms with E-state index >= 15 is 0 Å². The molecule has 0 aliphatic rings. The standard InChI is InChI=1S/C23H14N4O5S/c28-21-17(12-14-6-2-1-3-7-14)25-26-22(29)20(33-23(26)24-21)13-15-10-11-19(32-15)16-8-4-5-9-18(16)27(30)31/h1-11,13H,12H2. The van der Waals surface area contributed by atoms with E-state index in [-0.39, 0.29) is 27.3 Å². The molecule has 3 aromatic heterocycles. The molecule has 2 aromatic carbocycles. The highest BCUT2D eigenvalue weighted by Gasteiger charge is 2.17. The van der Waals surface area contributed by atoms with Gasteiger partial charge in [0.15, 0.2) is 0 Å². The van der Waals surface area contributed by atoms with Crippen LogP contribution in [-0.4, -0.2) is 19.5 Å². The Morgan fingerprint density at radius 1 is 1.03 bits per heavy atom. The summed E-state index contributed by atoms with van der Waals surface area (Å²) in [6.45, 7) is 0. The van der Waals surface area contributed by atoms with Crippen LogP contribution >= 0.6 is 11.3 Å². The van der Waals surface area contributed by atoms with Crippen molar-refractivity contribution in [3.05, 3.63) is 119 Å². The van der Waals surface area contributed by atoms with Gasteiger partial charge in [0.05, 0.1) is 10.5 Å². The zero-order valence-electron chi connectivity index (χ0n) is 16.9. The Morgan fingerprint density at radius 3 is 2.58 bits per heavy atom. The SMILES string of the molecule is O=c1nc2sc(=Cc3ccc(-c4ccccc4[N+](=O)[O-])o3)c(=O)n2nc1Cc1ccccc1. The smallest absolute Gasteiger partial charge is 0.296 e. The fourth-order valence-corrected chi connectivity index (χ4v) is 4.27. The molecule has 0 bridgehead atoms. The number of hydrogen-bond acceptors (Lipinski definition) is 8. The summed E-state index contributed by atoms with van der Waals surface area (Å²) in [6, 6.07) is 18.8. The van der Waals surface area contributed by atoms with Crippen LogP contribution < -0.4 is 15.7 Å². The van der Waals surface area contributed by atoms with Gasteiger partial charge < -0.3 is 4.42 Å². The minimum Gasteiger partial charge on any atom is -0.456 e. The molecule has 0 radical (unpaired) electrons. The lowest BCUT2D eigenvalue weighted by atomic mass is 10.1. The van der Waals surface area contributed by atoms with E-state index in [0.717, 1.165) is 21.4 Å². The molecule has 162 valence electrons. The lowest BCUT2D eigenvalue weighted by Crippen LogP contribution is -2.28. The summed E-state index contributed by atoms with van der Waals surface area (Å²) in [7, 11) is 0. The number of benzene rings is 2. The predicted molar refractivity (Wildman–Crippen MR) is 122 cm³/mol. The maximum Gasteiger partial charge on any atom is 0.296 e. The second kappa shape index (κ2) is 8.24. The summed E-state index contributed by atoms with van der Waals surface area (Å²) in [5.74, 6) is 0.636. The van der Waals surface area contributed by atoms with Crippen LogP contribution in [-0.2, 0) is 6.42 Å². The van der Waals surface area contributed by atoms with E-state index in [1.54, 1.807) is 30.3 Å². The molecular weight excluding hydrogens is 444 g/mol. The molecule has 0 N–H and O–H groups in total. The molecule has 0 fully saturated rings. The average molecular weight is 458 g/mol. The highest BCUT2D eigenvalue weighted by atomic mass is 32.1. The van der Waals surface area contributed by atoms with Crippen LogP contribution in [0.15, 0.2) is 80.7 Å². The van der Waals surface area contributed by atoms with Crippen molar-refractivity contribution in [2.24, 2.45) is 0 Å². The number of para-hydroxylation sites is 1. The fraction of sp³-hybridized carbons (Fsp3) is 0.0435. The Bertz CT molecular complexity index is 1670. The van der Waals surface area contributed by atoms with Crippen molar-refractivity contribution < 1.29 is 9.34 Å². The number of rotatable bonds is 5. The predicted octanol–water partition coefficient (Wildman–Crippen LogP) is 2.82. The van der Waals surface area contributed by atoms with Crippen molar-refractivity contribution in [3.63, 3.8) is 0 Å². The normalized spacial score (nSPS) is 11.8. The number of nitro benzene ring substituents is 1. The quantitative estimate of drug-likeness (QED) is 0.293. The maximum absolute atomic E-state index is 12.9. The van der Waals surface area contributed by atoms with E-state index in [2.05, 4.69) is 10.1 Å². The number of hydrogen-bond donors (Lipinski definition) is 0. The molecule has 0 aliphatic carbocycles. The first kappa shape index (κ1) is 20.5. The van der Waals surface area contributed by atoms with Gasteiger partial charge in [-0.1, -0.05) is 53.8 Å². The van der Waals surface area contributed by atoms with Gasteiger partial charge in [-0.3, -0.25) is 19.7 Å². The zero-order chi connectivity index (χ0) is 22.9. The van der Waals surface area contributed by atoms with Crippen LogP contribution in [0.4, 0.5) is 5.69 Å². The molecule has 0 saturated carbocycles. The van der Waals surface area contributed by atoms with Gasteiger partial charge in [-0.15, -0.1) is 0 Å². The van der Waals surface area contributed by atoms with Crippen LogP contribution in [0.25, 0.3) is 22.4 Å². The second-order valence-corrected chi connectivity index (χ2v) is 8.12. The van der Waals surface area contributed by atoms with Gasteiger partial charge in [-0.05, 0) is 23.8 Å². The van der Waals surface area contributed by atoms with Crippen molar-refractivity contribution in [1.82, 2.24) is 14.6 Å². The Morgan fingerprint density at radius 2 is 1.79 bits per heavy atom. The van der Waals surface area contributed by atoms with E-state index in [1.165, 1.54) is 12.1 Å². The lowest BCUT2D eigenvalue weighted by Gasteiger charge is -1.99. The monoisotopic (exact) mass is 458 g/mol. The third kappa shape index (κ3) is 3.94. The van der Waals surface area contributed by atoms with E-state index < -0.39 is 16.0 Å². The first-order valence-corrected chi connectivity index (χ1v) is 10.6. The molecule has 0 atom stereocenters. The van der Waals surface area contributed by atoms with Crippen LogP contribution in [0.1, 0.15) is 17.0 Å². The number of furan rings is 1. The second-order valence-electron chi connectivity index (χ2n) is 7.11. The first-order chi connectivity index (χ1) is 16.0. The fourth-order valence-electron chi connectivity index (χ4n) is 3.39. The van der Waals surface area contributed by atoms with Crippen LogP contribution in [0.5, 0.6) is 0 Å². The van der Waals surface area contributed by atoms with Crippen molar-refractivity contribution in [1.29, 1.82) is 0 Å². The Kier molecular flexibility index (Phi) is 5.11. The zero-order valence-corrected chi connectivity index (χ0v) is 17.7. The molecule has 0 unspecified atom stereocenters. The van der Waals surface area contributed by atoms with E-state index in [4.69, 9.17) is 4.42 Å². The topological polar surface area (TPSA) is 121 Å². The summed E-state index contributed by atoms with van der Waals surface area (Å²) in [6.07, 6.45) is 1.77.